The van der Waals surface area contributed by atoms with Gasteiger partial charge in [-0.05, 0) is 46.1 Å². The van der Waals surface area contributed by atoms with Gasteiger partial charge in [0, 0.05) is 18.4 Å². The summed E-state index contributed by atoms with van der Waals surface area (Å²) in [5.41, 5.74) is -0.844. The molecular weight excluding hydrogens is 310 g/mol. The third-order valence-electron chi connectivity index (χ3n) is 5.65. The van der Waals surface area contributed by atoms with Crippen LogP contribution in [0, 0.1) is 5.92 Å². The topological polar surface area (TPSA) is 100 Å². The highest BCUT2D eigenvalue weighted by atomic mass is 16.5. The first-order chi connectivity index (χ1) is 11.5. The summed E-state index contributed by atoms with van der Waals surface area (Å²) in [5, 5.41) is 9.25. The number of nitrogens with one attached hydrogen (secondary N) is 2. The zero-order valence-corrected chi connectivity index (χ0v) is 14.0. The highest BCUT2D eigenvalue weighted by Crippen LogP contribution is 2.39. The van der Waals surface area contributed by atoms with Crippen LogP contribution in [0.2, 0.25) is 0 Å². The second kappa shape index (κ2) is 5.54. The molecule has 24 heavy (non-hydrogen) atoms. The van der Waals surface area contributed by atoms with Gasteiger partial charge >= 0.3 is 6.03 Å². The molecule has 3 heterocycles. The summed E-state index contributed by atoms with van der Waals surface area (Å²) in [7, 11) is 0. The Kier molecular flexibility index (Phi) is 3.59. The minimum Gasteiger partial charge on any atom is -0.338 e. The van der Waals surface area contributed by atoms with E-state index in [9.17, 15) is 9.59 Å². The fraction of sp³-hybridized carbons (Fsp3) is 0.750. The van der Waals surface area contributed by atoms with Gasteiger partial charge < -0.3 is 9.84 Å². The summed E-state index contributed by atoms with van der Waals surface area (Å²) in [5.74, 6) is 1.76. The van der Waals surface area contributed by atoms with Crippen molar-refractivity contribution in [2.45, 2.75) is 57.0 Å². The quantitative estimate of drug-likeness (QED) is 0.806. The average molecular weight is 333 g/mol. The van der Waals surface area contributed by atoms with E-state index in [2.05, 4.69) is 32.6 Å². The number of carbonyl (C=O) groups excluding carboxylic acids is 2. The number of nitrogens with zero attached hydrogens (tertiary/aromatic N) is 3. The number of piperidine rings is 1. The molecule has 3 fully saturated rings. The molecular formula is C16H23N5O3. The van der Waals surface area contributed by atoms with Crippen molar-refractivity contribution in [2.75, 3.05) is 13.1 Å². The lowest BCUT2D eigenvalue weighted by atomic mass is 9.79. The molecule has 8 heteroatoms. The number of carbonyl (C=O) groups is 2. The van der Waals surface area contributed by atoms with Gasteiger partial charge in [0.05, 0.1) is 6.04 Å². The Morgan fingerprint density at radius 3 is 2.79 bits per heavy atom. The number of amides is 3. The Bertz CT molecular complexity index is 670. The van der Waals surface area contributed by atoms with Crippen LogP contribution in [0.4, 0.5) is 4.79 Å². The smallest absolute Gasteiger partial charge is 0.322 e. The van der Waals surface area contributed by atoms with Crippen molar-refractivity contribution in [1.29, 1.82) is 0 Å². The molecule has 3 amide bonds. The zero-order valence-electron chi connectivity index (χ0n) is 14.0. The maximum atomic E-state index is 12.2. The summed E-state index contributed by atoms with van der Waals surface area (Å²) in [6.07, 6.45) is 4.17. The molecule has 0 aromatic carbocycles. The maximum Gasteiger partial charge on any atom is 0.322 e. The zero-order chi connectivity index (χ0) is 16.9. The molecule has 0 unspecified atom stereocenters. The van der Waals surface area contributed by atoms with Crippen LogP contribution in [-0.4, -0.2) is 45.6 Å². The number of aromatic nitrogens is 2. The van der Waals surface area contributed by atoms with E-state index in [1.54, 1.807) is 0 Å². The van der Waals surface area contributed by atoms with E-state index in [0.717, 1.165) is 38.1 Å². The van der Waals surface area contributed by atoms with Gasteiger partial charge in [-0.1, -0.05) is 5.16 Å². The first-order valence-electron chi connectivity index (χ1n) is 8.68. The highest BCUT2D eigenvalue weighted by molar-refractivity contribution is 6.06. The Hall–Kier alpha value is -1.96. The van der Waals surface area contributed by atoms with Crippen molar-refractivity contribution >= 4 is 11.9 Å². The van der Waals surface area contributed by atoms with E-state index < -0.39 is 11.6 Å². The number of hydrogen-bond acceptors (Lipinski definition) is 6. The van der Waals surface area contributed by atoms with Crippen LogP contribution in [0.1, 0.15) is 63.2 Å². The van der Waals surface area contributed by atoms with Crippen LogP contribution >= 0.6 is 0 Å². The minimum atomic E-state index is -0.844. The number of imide groups is 1. The summed E-state index contributed by atoms with van der Waals surface area (Å²) in [6, 6.07) is -0.393. The molecule has 4 rings (SSSR count). The molecule has 2 aliphatic heterocycles. The molecule has 0 radical (unpaired) electrons. The number of urea groups is 1. The standard InChI is InChI=1S/C16H23N5O3/c1-9(13-17-12(20-24-13)10-5-6-10)21-7-3-4-11(8-21)16(2)14(22)18-15(23)19-16/h9-11H,3-8H2,1-2H3,(H2,18,19,22,23)/t9-,11+,16-/m1/s1. The molecule has 0 bridgehead atoms. The summed E-state index contributed by atoms with van der Waals surface area (Å²) >= 11 is 0. The SMILES string of the molecule is C[C@H](c1nc(C2CC2)no1)N1CCC[C@H]([C@@]2(C)NC(=O)NC2=O)C1. The summed E-state index contributed by atoms with van der Waals surface area (Å²) < 4.78 is 5.45. The molecule has 8 nitrogen and oxygen atoms in total. The number of likely N-dealkylation sites (tertiary alicyclic amines) is 1. The van der Waals surface area contributed by atoms with Crippen molar-refractivity contribution in [3.05, 3.63) is 11.7 Å². The van der Waals surface area contributed by atoms with Gasteiger partial charge in [0.2, 0.25) is 5.89 Å². The van der Waals surface area contributed by atoms with Gasteiger partial charge in [-0.2, -0.15) is 4.98 Å². The normalized spacial score (nSPS) is 32.5. The second-order valence-electron chi connectivity index (χ2n) is 7.39. The molecule has 1 aromatic heterocycles. The van der Waals surface area contributed by atoms with E-state index >= 15 is 0 Å². The van der Waals surface area contributed by atoms with Gasteiger partial charge in [-0.25, -0.2) is 4.79 Å². The maximum absolute atomic E-state index is 12.2. The van der Waals surface area contributed by atoms with Gasteiger partial charge in [-0.3, -0.25) is 15.0 Å². The van der Waals surface area contributed by atoms with Crippen molar-refractivity contribution in [3.63, 3.8) is 0 Å². The fourth-order valence-corrected chi connectivity index (χ4v) is 3.75. The lowest BCUT2D eigenvalue weighted by Gasteiger charge is -2.41. The largest absolute Gasteiger partial charge is 0.338 e. The molecule has 3 aliphatic rings. The predicted molar refractivity (Wildman–Crippen MR) is 84.1 cm³/mol. The van der Waals surface area contributed by atoms with Crippen molar-refractivity contribution in [2.24, 2.45) is 5.92 Å². The van der Waals surface area contributed by atoms with Crippen molar-refractivity contribution < 1.29 is 14.1 Å². The fourth-order valence-electron chi connectivity index (χ4n) is 3.75. The van der Waals surface area contributed by atoms with Gasteiger partial charge in [0.1, 0.15) is 5.54 Å². The third kappa shape index (κ3) is 2.58. The van der Waals surface area contributed by atoms with Crippen LogP contribution in [0.3, 0.4) is 0 Å². The Labute approximate surface area is 140 Å². The van der Waals surface area contributed by atoms with E-state index in [0.29, 0.717) is 18.4 Å². The molecule has 130 valence electrons. The predicted octanol–water partition coefficient (Wildman–Crippen LogP) is 1.32. The first kappa shape index (κ1) is 15.6. The van der Waals surface area contributed by atoms with E-state index in [1.807, 2.05) is 6.92 Å². The molecule has 2 saturated heterocycles. The average Bonchev–Trinajstić information content (AvgIpc) is 3.24. The molecule has 1 aromatic rings. The second-order valence-corrected chi connectivity index (χ2v) is 7.39. The molecule has 3 atom stereocenters. The third-order valence-corrected chi connectivity index (χ3v) is 5.65. The Balaban J connectivity index is 1.47. The number of hydrogen-bond donors (Lipinski definition) is 2. The Morgan fingerprint density at radius 2 is 2.12 bits per heavy atom. The summed E-state index contributed by atoms with van der Waals surface area (Å²) in [4.78, 5) is 30.5. The monoisotopic (exact) mass is 333 g/mol. The van der Waals surface area contributed by atoms with Crippen LogP contribution in [-0.2, 0) is 4.79 Å². The van der Waals surface area contributed by atoms with Crippen LogP contribution < -0.4 is 10.6 Å². The summed E-state index contributed by atoms with van der Waals surface area (Å²) in [6.45, 7) is 5.50. The van der Waals surface area contributed by atoms with Crippen molar-refractivity contribution in [1.82, 2.24) is 25.7 Å². The number of rotatable bonds is 4. The molecule has 1 saturated carbocycles. The van der Waals surface area contributed by atoms with Crippen molar-refractivity contribution in [3.8, 4) is 0 Å². The van der Waals surface area contributed by atoms with Crippen LogP contribution in [0.5, 0.6) is 0 Å². The Morgan fingerprint density at radius 1 is 1.33 bits per heavy atom. The lowest BCUT2D eigenvalue weighted by molar-refractivity contribution is -0.126. The van der Waals surface area contributed by atoms with Gasteiger partial charge in [0.15, 0.2) is 5.82 Å². The first-order valence-corrected chi connectivity index (χ1v) is 8.68. The van der Waals surface area contributed by atoms with Crippen LogP contribution in [0.25, 0.3) is 0 Å². The van der Waals surface area contributed by atoms with Gasteiger partial charge in [-0.15, -0.1) is 0 Å². The van der Waals surface area contributed by atoms with Gasteiger partial charge in [0.25, 0.3) is 5.91 Å². The minimum absolute atomic E-state index is 0.0107. The molecule has 0 spiro atoms. The van der Waals surface area contributed by atoms with E-state index in [4.69, 9.17) is 4.52 Å². The lowest BCUT2D eigenvalue weighted by Crippen LogP contribution is -2.56. The molecule has 1 aliphatic carbocycles. The van der Waals surface area contributed by atoms with E-state index in [1.165, 1.54) is 0 Å². The van der Waals surface area contributed by atoms with Crippen LogP contribution in [0.15, 0.2) is 4.52 Å². The molecule has 2 N–H and O–H groups in total. The van der Waals surface area contributed by atoms with E-state index in [-0.39, 0.29) is 17.9 Å². The highest BCUT2D eigenvalue weighted by Gasteiger charge is 2.49.